The molecule has 0 unspecified atom stereocenters. The fraction of sp³-hybridized carbons (Fsp3) is 0.600. The molecule has 0 bridgehead atoms. The summed E-state index contributed by atoms with van der Waals surface area (Å²) in [6.45, 7) is 0.371. The van der Waals surface area contributed by atoms with Gasteiger partial charge in [-0.25, -0.2) is 4.39 Å². The zero-order valence-electron chi connectivity index (χ0n) is 14.4. The molecule has 3 atom stereocenters. The van der Waals surface area contributed by atoms with Gasteiger partial charge in [0.05, 0.1) is 0 Å². The summed E-state index contributed by atoms with van der Waals surface area (Å²) < 4.78 is 13.0. The second-order valence-electron chi connectivity index (χ2n) is 7.73. The van der Waals surface area contributed by atoms with Gasteiger partial charge in [0, 0.05) is 18.5 Å². The molecule has 5 heteroatoms. The number of benzene rings is 1. The lowest BCUT2D eigenvalue weighted by molar-refractivity contribution is -0.142. The van der Waals surface area contributed by atoms with Crippen LogP contribution in [0.4, 0.5) is 4.39 Å². The summed E-state index contributed by atoms with van der Waals surface area (Å²) >= 11 is 0. The van der Waals surface area contributed by atoms with Crippen molar-refractivity contribution >= 4 is 11.8 Å². The Kier molecular flexibility index (Phi) is 4.48. The van der Waals surface area contributed by atoms with Gasteiger partial charge in [0.1, 0.15) is 11.9 Å². The van der Waals surface area contributed by atoms with E-state index in [1.165, 1.54) is 18.6 Å². The van der Waals surface area contributed by atoms with E-state index in [2.05, 4.69) is 5.32 Å². The Morgan fingerprint density at radius 2 is 1.80 bits per heavy atom. The van der Waals surface area contributed by atoms with Crippen LogP contribution in [0.2, 0.25) is 0 Å². The van der Waals surface area contributed by atoms with E-state index in [1.54, 1.807) is 12.1 Å². The molecule has 1 saturated heterocycles. The van der Waals surface area contributed by atoms with Crippen LogP contribution in [0, 0.1) is 17.7 Å². The predicted molar refractivity (Wildman–Crippen MR) is 92.0 cm³/mol. The summed E-state index contributed by atoms with van der Waals surface area (Å²) in [7, 11) is 0. The second-order valence-corrected chi connectivity index (χ2v) is 7.73. The third-order valence-electron chi connectivity index (χ3n) is 5.95. The van der Waals surface area contributed by atoms with Crippen LogP contribution in [-0.2, 0) is 16.1 Å². The summed E-state index contributed by atoms with van der Waals surface area (Å²) in [5.74, 6) is 0.464. The van der Waals surface area contributed by atoms with Crippen molar-refractivity contribution in [2.75, 3.05) is 0 Å². The zero-order valence-corrected chi connectivity index (χ0v) is 14.4. The minimum Gasteiger partial charge on any atom is -0.350 e. The van der Waals surface area contributed by atoms with Gasteiger partial charge in [0.25, 0.3) is 0 Å². The molecule has 134 valence electrons. The fourth-order valence-corrected chi connectivity index (χ4v) is 4.46. The maximum atomic E-state index is 13.0. The van der Waals surface area contributed by atoms with Crippen molar-refractivity contribution in [1.82, 2.24) is 10.2 Å². The molecule has 2 amide bonds. The van der Waals surface area contributed by atoms with Crippen LogP contribution < -0.4 is 5.32 Å². The Morgan fingerprint density at radius 3 is 2.52 bits per heavy atom. The van der Waals surface area contributed by atoms with Gasteiger partial charge < -0.3 is 10.2 Å². The number of carbonyl (C=O) groups is 2. The minimum absolute atomic E-state index is 0.0623. The highest BCUT2D eigenvalue weighted by Gasteiger charge is 2.50. The third-order valence-corrected chi connectivity index (χ3v) is 5.95. The number of halogens is 1. The van der Waals surface area contributed by atoms with Gasteiger partial charge in [-0.2, -0.15) is 0 Å². The molecule has 2 aliphatic carbocycles. The number of hydrogen-bond donors (Lipinski definition) is 1. The number of nitrogens with one attached hydrogen (secondary N) is 1. The van der Waals surface area contributed by atoms with Gasteiger partial charge in [0.15, 0.2) is 0 Å². The standard InChI is InChI=1S/C20H25FN2O2/c21-16-9-5-13(6-10-16)12-22-19(24)18-11-15-3-1-2-4-17(15)23(18)20(25)14-7-8-14/h5-6,9-10,14-15,17-18H,1-4,7-8,11-12H2,(H,22,24)/t15-,17-,18-/m0/s1. The molecule has 25 heavy (non-hydrogen) atoms. The van der Waals surface area contributed by atoms with Crippen molar-refractivity contribution in [1.29, 1.82) is 0 Å². The maximum Gasteiger partial charge on any atom is 0.243 e. The molecule has 1 N–H and O–H groups in total. The topological polar surface area (TPSA) is 49.4 Å². The number of fused-ring (bicyclic) bond motifs is 1. The van der Waals surface area contributed by atoms with Crippen LogP contribution in [0.15, 0.2) is 24.3 Å². The van der Waals surface area contributed by atoms with Crippen LogP contribution in [-0.4, -0.2) is 28.8 Å². The van der Waals surface area contributed by atoms with Gasteiger partial charge >= 0.3 is 0 Å². The Balaban J connectivity index is 1.45. The van der Waals surface area contributed by atoms with Gasteiger partial charge in [0.2, 0.25) is 11.8 Å². The first-order chi connectivity index (χ1) is 12.1. The first-order valence-electron chi connectivity index (χ1n) is 9.48. The number of carbonyl (C=O) groups excluding carboxylic acids is 2. The summed E-state index contributed by atoms with van der Waals surface area (Å²) in [6, 6.07) is 6.07. The Morgan fingerprint density at radius 1 is 1.08 bits per heavy atom. The molecule has 2 saturated carbocycles. The monoisotopic (exact) mass is 344 g/mol. The second kappa shape index (κ2) is 6.77. The van der Waals surface area contributed by atoms with E-state index in [-0.39, 0.29) is 35.6 Å². The van der Waals surface area contributed by atoms with Crippen LogP contribution in [0.1, 0.15) is 50.5 Å². The molecule has 3 fully saturated rings. The highest BCUT2D eigenvalue weighted by molar-refractivity contribution is 5.90. The van der Waals surface area contributed by atoms with Crippen molar-refractivity contribution in [2.45, 2.75) is 63.6 Å². The average molecular weight is 344 g/mol. The molecule has 0 spiro atoms. The largest absolute Gasteiger partial charge is 0.350 e. The molecular formula is C20H25FN2O2. The molecule has 0 radical (unpaired) electrons. The molecule has 1 aromatic carbocycles. The van der Waals surface area contributed by atoms with Crippen molar-refractivity contribution < 1.29 is 14.0 Å². The normalized spacial score (nSPS) is 28.5. The van der Waals surface area contributed by atoms with Crippen molar-refractivity contribution in [3.8, 4) is 0 Å². The van der Waals surface area contributed by atoms with E-state index in [0.29, 0.717) is 12.5 Å². The lowest BCUT2D eigenvalue weighted by Gasteiger charge is -2.33. The molecule has 3 aliphatic rings. The van der Waals surface area contributed by atoms with E-state index < -0.39 is 0 Å². The lowest BCUT2D eigenvalue weighted by atomic mass is 9.84. The SMILES string of the molecule is O=C(NCc1ccc(F)cc1)[C@@H]1C[C@@H]2CCCC[C@@H]2N1C(=O)C1CC1. The predicted octanol–water partition coefficient (Wildman–Crippen LogP) is 3.01. The van der Waals surface area contributed by atoms with Gasteiger partial charge in [-0.15, -0.1) is 0 Å². The number of hydrogen-bond acceptors (Lipinski definition) is 2. The van der Waals surface area contributed by atoms with Crippen molar-refractivity contribution in [3.63, 3.8) is 0 Å². The average Bonchev–Trinajstić information content (AvgIpc) is 3.40. The summed E-state index contributed by atoms with van der Waals surface area (Å²) in [6.07, 6.45) is 7.24. The molecule has 1 aliphatic heterocycles. The Bertz CT molecular complexity index is 656. The molecule has 1 aromatic rings. The van der Waals surface area contributed by atoms with Gasteiger partial charge in [-0.1, -0.05) is 25.0 Å². The zero-order chi connectivity index (χ0) is 17.4. The highest BCUT2D eigenvalue weighted by Crippen LogP contribution is 2.43. The lowest BCUT2D eigenvalue weighted by Crippen LogP contribution is -2.50. The van der Waals surface area contributed by atoms with Gasteiger partial charge in [-0.3, -0.25) is 9.59 Å². The van der Waals surface area contributed by atoms with E-state index in [1.807, 2.05) is 4.90 Å². The fourth-order valence-electron chi connectivity index (χ4n) is 4.46. The first-order valence-corrected chi connectivity index (χ1v) is 9.48. The van der Waals surface area contributed by atoms with E-state index in [9.17, 15) is 14.0 Å². The van der Waals surface area contributed by atoms with Crippen LogP contribution in [0.3, 0.4) is 0 Å². The van der Waals surface area contributed by atoms with E-state index in [4.69, 9.17) is 0 Å². The number of rotatable bonds is 4. The Hall–Kier alpha value is -1.91. The number of amides is 2. The minimum atomic E-state index is -0.332. The summed E-state index contributed by atoms with van der Waals surface area (Å²) in [4.78, 5) is 27.5. The van der Waals surface area contributed by atoms with E-state index >= 15 is 0 Å². The summed E-state index contributed by atoms with van der Waals surface area (Å²) in [5, 5.41) is 2.96. The van der Waals surface area contributed by atoms with E-state index in [0.717, 1.165) is 44.1 Å². The van der Waals surface area contributed by atoms with Crippen molar-refractivity contribution in [2.24, 2.45) is 11.8 Å². The molecular weight excluding hydrogens is 319 g/mol. The first kappa shape index (κ1) is 16.6. The molecule has 1 heterocycles. The van der Waals surface area contributed by atoms with Crippen molar-refractivity contribution in [3.05, 3.63) is 35.6 Å². The van der Waals surface area contributed by atoms with Crippen LogP contribution in [0.25, 0.3) is 0 Å². The Labute approximate surface area is 147 Å². The van der Waals surface area contributed by atoms with Crippen LogP contribution >= 0.6 is 0 Å². The number of likely N-dealkylation sites (tertiary alicyclic amines) is 1. The molecule has 0 aromatic heterocycles. The molecule has 4 nitrogen and oxygen atoms in total. The summed E-state index contributed by atoms with van der Waals surface area (Å²) in [5.41, 5.74) is 0.866. The maximum absolute atomic E-state index is 13.0. The van der Waals surface area contributed by atoms with Gasteiger partial charge in [-0.05, 0) is 55.7 Å². The third kappa shape index (κ3) is 3.42. The smallest absolute Gasteiger partial charge is 0.243 e. The molecule has 4 rings (SSSR count). The quantitative estimate of drug-likeness (QED) is 0.913. The van der Waals surface area contributed by atoms with Crippen LogP contribution in [0.5, 0.6) is 0 Å². The number of nitrogens with zero attached hydrogens (tertiary/aromatic N) is 1. The highest BCUT2D eigenvalue weighted by atomic mass is 19.1.